The fourth-order valence-corrected chi connectivity index (χ4v) is 2.01. The third kappa shape index (κ3) is 3.58. The molecule has 1 heterocycles. The largest absolute Gasteiger partial charge is 0.399 e. The summed E-state index contributed by atoms with van der Waals surface area (Å²) in [6.45, 7) is 4.56. The van der Waals surface area contributed by atoms with Crippen molar-refractivity contribution >= 4 is 11.6 Å². The number of nitrogens with one attached hydrogen (secondary N) is 1. The third-order valence-electron chi connectivity index (χ3n) is 2.78. The molecule has 19 heavy (non-hydrogen) atoms. The lowest BCUT2D eigenvalue weighted by atomic mass is 10.1. The molecule has 0 spiro atoms. The van der Waals surface area contributed by atoms with E-state index in [0.717, 1.165) is 5.56 Å². The van der Waals surface area contributed by atoms with E-state index in [1.54, 1.807) is 18.6 Å². The molecule has 1 unspecified atom stereocenters. The van der Waals surface area contributed by atoms with Gasteiger partial charge in [0.25, 0.3) is 5.91 Å². The number of benzene rings is 1. The second-order valence-electron chi connectivity index (χ2n) is 4.77. The highest BCUT2D eigenvalue weighted by atomic mass is 16.1. The summed E-state index contributed by atoms with van der Waals surface area (Å²) in [5, 5.41) is 2.95. The van der Waals surface area contributed by atoms with Gasteiger partial charge < -0.3 is 15.6 Å². The minimum Gasteiger partial charge on any atom is -0.399 e. The summed E-state index contributed by atoms with van der Waals surface area (Å²) >= 11 is 0. The molecular weight excluding hydrogens is 240 g/mol. The van der Waals surface area contributed by atoms with E-state index in [1.807, 2.05) is 36.7 Å². The van der Waals surface area contributed by atoms with Crippen molar-refractivity contribution in [1.29, 1.82) is 0 Å². The lowest BCUT2D eigenvalue weighted by Gasteiger charge is -2.15. The fraction of sp³-hybridized carbons (Fsp3) is 0.286. The van der Waals surface area contributed by atoms with E-state index in [2.05, 4.69) is 10.3 Å². The maximum Gasteiger partial charge on any atom is 0.251 e. The van der Waals surface area contributed by atoms with Crippen LogP contribution in [-0.2, 0) is 6.54 Å². The van der Waals surface area contributed by atoms with Crippen LogP contribution in [0.4, 0.5) is 5.69 Å². The standard InChI is InChI=1S/C14H18N4O/c1-10-5-12(7-13(15)6-10)14(19)17-11(2)8-18-4-3-16-9-18/h3-7,9,11H,8,15H2,1-2H3,(H,17,19). The van der Waals surface area contributed by atoms with Gasteiger partial charge in [0.15, 0.2) is 0 Å². The number of amides is 1. The minimum atomic E-state index is -0.108. The van der Waals surface area contributed by atoms with E-state index >= 15 is 0 Å². The van der Waals surface area contributed by atoms with Crippen LogP contribution in [0, 0.1) is 6.92 Å². The van der Waals surface area contributed by atoms with Crippen LogP contribution < -0.4 is 11.1 Å². The summed E-state index contributed by atoms with van der Waals surface area (Å²) in [6, 6.07) is 5.37. The van der Waals surface area contributed by atoms with Crippen LogP contribution in [0.1, 0.15) is 22.8 Å². The summed E-state index contributed by atoms with van der Waals surface area (Å²) in [5.74, 6) is -0.108. The minimum absolute atomic E-state index is 0.0171. The predicted octanol–water partition coefficient (Wildman–Crippen LogP) is 1.59. The Morgan fingerprint density at radius 2 is 2.26 bits per heavy atom. The first kappa shape index (κ1) is 13.1. The van der Waals surface area contributed by atoms with E-state index in [-0.39, 0.29) is 11.9 Å². The van der Waals surface area contributed by atoms with Gasteiger partial charge in [-0.2, -0.15) is 0 Å². The number of nitrogens with zero attached hydrogens (tertiary/aromatic N) is 2. The zero-order valence-corrected chi connectivity index (χ0v) is 11.1. The first-order valence-corrected chi connectivity index (χ1v) is 6.18. The fourth-order valence-electron chi connectivity index (χ4n) is 2.01. The molecule has 0 bridgehead atoms. The average molecular weight is 258 g/mol. The molecule has 0 aliphatic heterocycles. The van der Waals surface area contributed by atoms with Crippen LogP contribution in [-0.4, -0.2) is 21.5 Å². The van der Waals surface area contributed by atoms with E-state index in [1.165, 1.54) is 0 Å². The Morgan fingerprint density at radius 1 is 1.47 bits per heavy atom. The molecule has 1 atom stereocenters. The Bertz CT molecular complexity index is 543. The number of rotatable bonds is 4. The summed E-state index contributed by atoms with van der Waals surface area (Å²) in [4.78, 5) is 16.1. The highest BCUT2D eigenvalue weighted by molar-refractivity contribution is 5.95. The maximum atomic E-state index is 12.1. The number of nitrogens with two attached hydrogens (primary N) is 1. The third-order valence-corrected chi connectivity index (χ3v) is 2.78. The monoisotopic (exact) mass is 258 g/mol. The van der Waals surface area contributed by atoms with Gasteiger partial charge in [-0.3, -0.25) is 4.79 Å². The van der Waals surface area contributed by atoms with Crippen molar-refractivity contribution in [2.24, 2.45) is 0 Å². The summed E-state index contributed by atoms with van der Waals surface area (Å²) in [5.41, 5.74) is 7.92. The molecule has 5 nitrogen and oxygen atoms in total. The summed E-state index contributed by atoms with van der Waals surface area (Å²) < 4.78 is 1.93. The Hall–Kier alpha value is -2.30. The lowest BCUT2D eigenvalue weighted by molar-refractivity contribution is 0.0936. The van der Waals surface area contributed by atoms with Crippen LogP contribution in [0.15, 0.2) is 36.9 Å². The molecule has 5 heteroatoms. The molecule has 0 saturated heterocycles. The molecule has 1 aromatic heterocycles. The first-order valence-electron chi connectivity index (χ1n) is 6.18. The van der Waals surface area contributed by atoms with E-state index < -0.39 is 0 Å². The van der Waals surface area contributed by atoms with Gasteiger partial charge in [0, 0.05) is 36.2 Å². The van der Waals surface area contributed by atoms with Gasteiger partial charge in [-0.1, -0.05) is 0 Å². The number of carbonyl (C=O) groups is 1. The van der Waals surface area contributed by atoms with Crippen LogP contribution in [0.25, 0.3) is 0 Å². The number of hydrogen-bond donors (Lipinski definition) is 2. The normalized spacial score (nSPS) is 12.1. The van der Waals surface area contributed by atoms with Crippen molar-refractivity contribution < 1.29 is 4.79 Å². The van der Waals surface area contributed by atoms with Crippen LogP contribution in [0.3, 0.4) is 0 Å². The van der Waals surface area contributed by atoms with Gasteiger partial charge in [0.1, 0.15) is 0 Å². The molecule has 0 radical (unpaired) electrons. The van der Waals surface area contributed by atoms with Gasteiger partial charge in [0.05, 0.1) is 6.33 Å². The van der Waals surface area contributed by atoms with Crippen molar-refractivity contribution in [1.82, 2.24) is 14.9 Å². The second-order valence-corrected chi connectivity index (χ2v) is 4.77. The Labute approximate surface area is 112 Å². The Kier molecular flexibility index (Phi) is 3.85. The number of carbonyl (C=O) groups excluding carboxylic acids is 1. The number of anilines is 1. The van der Waals surface area contributed by atoms with Gasteiger partial charge >= 0.3 is 0 Å². The van der Waals surface area contributed by atoms with Crippen molar-refractivity contribution in [2.75, 3.05) is 5.73 Å². The molecule has 100 valence electrons. The number of aromatic nitrogens is 2. The predicted molar refractivity (Wildman–Crippen MR) is 74.7 cm³/mol. The van der Waals surface area contributed by atoms with Crippen molar-refractivity contribution in [3.05, 3.63) is 48.0 Å². The van der Waals surface area contributed by atoms with Crippen molar-refractivity contribution in [3.63, 3.8) is 0 Å². The summed E-state index contributed by atoms with van der Waals surface area (Å²) in [7, 11) is 0. The molecule has 2 rings (SSSR count). The van der Waals surface area contributed by atoms with E-state index in [9.17, 15) is 4.79 Å². The first-order chi connectivity index (χ1) is 9.04. The molecule has 1 aromatic carbocycles. The topological polar surface area (TPSA) is 72.9 Å². The van der Waals surface area contributed by atoms with E-state index in [0.29, 0.717) is 17.8 Å². The lowest BCUT2D eigenvalue weighted by Crippen LogP contribution is -2.35. The van der Waals surface area contributed by atoms with Crippen LogP contribution in [0.5, 0.6) is 0 Å². The quantitative estimate of drug-likeness (QED) is 0.818. The van der Waals surface area contributed by atoms with Gasteiger partial charge in [0.2, 0.25) is 0 Å². The maximum absolute atomic E-state index is 12.1. The van der Waals surface area contributed by atoms with E-state index in [4.69, 9.17) is 5.73 Å². The number of imidazole rings is 1. The zero-order chi connectivity index (χ0) is 13.8. The smallest absolute Gasteiger partial charge is 0.251 e. The SMILES string of the molecule is Cc1cc(N)cc(C(=O)NC(C)Cn2ccnc2)c1. The highest BCUT2D eigenvalue weighted by Crippen LogP contribution is 2.11. The molecule has 0 fully saturated rings. The molecule has 0 saturated carbocycles. The highest BCUT2D eigenvalue weighted by Gasteiger charge is 2.11. The van der Waals surface area contributed by atoms with Gasteiger partial charge in [-0.25, -0.2) is 4.98 Å². The molecule has 1 amide bonds. The Morgan fingerprint density at radius 3 is 2.89 bits per heavy atom. The molecular formula is C14H18N4O. The number of nitrogen functional groups attached to an aromatic ring is 1. The van der Waals surface area contributed by atoms with Crippen molar-refractivity contribution in [2.45, 2.75) is 26.4 Å². The van der Waals surface area contributed by atoms with Crippen LogP contribution in [0.2, 0.25) is 0 Å². The summed E-state index contributed by atoms with van der Waals surface area (Å²) in [6.07, 6.45) is 5.32. The van der Waals surface area contributed by atoms with Crippen LogP contribution >= 0.6 is 0 Å². The van der Waals surface area contributed by atoms with Gasteiger partial charge in [-0.15, -0.1) is 0 Å². The average Bonchev–Trinajstić information content (AvgIpc) is 2.80. The zero-order valence-electron chi connectivity index (χ0n) is 11.1. The molecule has 0 aliphatic carbocycles. The second kappa shape index (κ2) is 5.56. The Balaban J connectivity index is 2.00. The number of hydrogen-bond acceptors (Lipinski definition) is 3. The van der Waals surface area contributed by atoms with Gasteiger partial charge in [-0.05, 0) is 37.6 Å². The molecule has 3 N–H and O–H groups in total. The van der Waals surface area contributed by atoms with Crippen molar-refractivity contribution in [3.8, 4) is 0 Å². The molecule has 0 aliphatic rings. The number of aryl methyl sites for hydroxylation is 1. The molecule has 2 aromatic rings.